The van der Waals surface area contributed by atoms with Gasteiger partial charge in [0.25, 0.3) is 5.91 Å². The second-order valence-corrected chi connectivity index (χ2v) is 7.72. The Morgan fingerprint density at radius 2 is 1.70 bits per heavy atom. The minimum atomic E-state index is -0.509. The highest BCUT2D eigenvalue weighted by Crippen LogP contribution is 2.35. The lowest BCUT2D eigenvalue weighted by Gasteiger charge is -2.12. The van der Waals surface area contributed by atoms with E-state index in [2.05, 4.69) is 10.6 Å². The first-order chi connectivity index (χ1) is 14.3. The summed E-state index contributed by atoms with van der Waals surface area (Å²) in [6.07, 6.45) is 1.77. The number of esters is 1. The Morgan fingerprint density at radius 3 is 2.30 bits per heavy atom. The monoisotopic (exact) mass is 488 g/mol. The van der Waals surface area contributed by atoms with E-state index in [1.807, 2.05) is 6.92 Å². The van der Waals surface area contributed by atoms with Crippen molar-refractivity contribution < 1.29 is 19.1 Å². The maximum atomic E-state index is 12.0. The molecule has 0 aliphatic heterocycles. The first-order valence-corrected chi connectivity index (χ1v) is 10.5. The van der Waals surface area contributed by atoms with Crippen LogP contribution in [-0.2, 0) is 9.53 Å². The molecule has 0 saturated heterocycles. The molecule has 0 aliphatic rings. The van der Waals surface area contributed by atoms with Crippen LogP contribution in [0.15, 0.2) is 36.4 Å². The predicted octanol–water partition coefficient (Wildman–Crippen LogP) is 5.50. The Hall–Kier alpha value is -2.06. The van der Waals surface area contributed by atoms with Crippen molar-refractivity contribution in [3.8, 4) is 5.75 Å². The topological polar surface area (TPSA) is 76.7 Å². The summed E-state index contributed by atoms with van der Waals surface area (Å²) < 4.78 is 10.5. The molecular formula is C20H19Cl3N2O4S. The fourth-order valence-corrected chi connectivity index (χ4v) is 3.37. The molecule has 2 aromatic carbocycles. The van der Waals surface area contributed by atoms with E-state index in [4.69, 9.17) is 56.5 Å². The van der Waals surface area contributed by atoms with Gasteiger partial charge >= 0.3 is 5.97 Å². The molecule has 0 radical (unpaired) electrons. The van der Waals surface area contributed by atoms with E-state index in [1.165, 1.54) is 12.1 Å². The molecule has 6 nitrogen and oxygen atoms in total. The molecule has 2 rings (SSSR count). The molecule has 0 heterocycles. The van der Waals surface area contributed by atoms with Crippen molar-refractivity contribution in [1.29, 1.82) is 0 Å². The summed E-state index contributed by atoms with van der Waals surface area (Å²) in [5.74, 6) is -0.744. The van der Waals surface area contributed by atoms with E-state index in [-0.39, 0.29) is 33.5 Å². The Morgan fingerprint density at radius 1 is 1.07 bits per heavy atom. The van der Waals surface area contributed by atoms with Gasteiger partial charge in [-0.1, -0.05) is 48.1 Å². The third kappa shape index (κ3) is 7.65. The zero-order valence-electron chi connectivity index (χ0n) is 16.0. The second kappa shape index (κ2) is 12.0. The second-order valence-electron chi connectivity index (χ2n) is 6.06. The number of amides is 1. The van der Waals surface area contributed by atoms with Gasteiger partial charge in [0, 0.05) is 10.7 Å². The molecule has 0 aromatic heterocycles. The highest BCUT2D eigenvalue weighted by molar-refractivity contribution is 7.80. The number of halogens is 3. The van der Waals surface area contributed by atoms with Gasteiger partial charge in [-0.15, -0.1) is 0 Å². The highest BCUT2D eigenvalue weighted by atomic mass is 35.5. The Balaban J connectivity index is 1.82. The maximum Gasteiger partial charge on any atom is 0.338 e. The summed E-state index contributed by atoms with van der Waals surface area (Å²) in [4.78, 5) is 23.9. The number of unbranched alkanes of at least 4 members (excludes halogenated alkanes) is 1. The number of nitrogens with one attached hydrogen (secondary N) is 2. The molecule has 10 heteroatoms. The van der Waals surface area contributed by atoms with E-state index in [9.17, 15) is 9.59 Å². The van der Waals surface area contributed by atoms with E-state index in [1.54, 1.807) is 24.3 Å². The van der Waals surface area contributed by atoms with Crippen LogP contribution in [0.2, 0.25) is 15.1 Å². The van der Waals surface area contributed by atoms with Gasteiger partial charge in [-0.2, -0.15) is 0 Å². The highest BCUT2D eigenvalue weighted by Gasteiger charge is 2.13. The molecule has 2 aromatic rings. The largest absolute Gasteiger partial charge is 0.481 e. The fourth-order valence-electron chi connectivity index (χ4n) is 2.21. The van der Waals surface area contributed by atoms with Crippen LogP contribution in [0.4, 0.5) is 5.69 Å². The van der Waals surface area contributed by atoms with Crippen LogP contribution in [0.5, 0.6) is 5.75 Å². The van der Waals surface area contributed by atoms with Gasteiger partial charge in [0.1, 0.15) is 0 Å². The van der Waals surface area contributed by atoms with Crippen LogP contribution in [-0.4, -0.2) is 30.2 Å². The van der Waals surface area contributed by atoms with Crippen LogP contribution >= 0.6 is 47.0 Å². The van der Waals surface area contributed by atoms with Crippen LogP contribution in [0.3, 0.4) is 0 Å². The minimum absolute atomic E-state index is 0.0650. The zero-order valence-corrected chi connectivity index (χ0v) is 19.1. The lowest BCUT2D eigenvalue weighted by molar-refractivity contribution is -0.121. The molecule has 0 unspecified atom stereocenters. The molecule has 0 saturated carbocycles. The molecule has 0 bridgehead atoms. The first kappa shape index (κ1) is 24.2. The van der Waals surface area contributed by atoms with Gasteiger partial charge < -0.3 is 14.8 Å². The number of carbonyl (C=O) groups excluding carboxylic acids is 2. The Labute approximate surface area is 194 Å². The quantitative estimate of drug-likeness (QED) is 0.290. The number of carbonyl (C=O) groups is 2. The van der Waals surface area contributed by atoms with E-state index in [0.717, 1.165) is 12.8 Å². The summed E-state index contributed by atoms with van der Waals surface area (Å²) in [5, 5.41) is 6.11. The lowest BCUT2D eigenvalue weighted by Crippen LogP contribution is -2.37. The van der Waals surface area contributed by atoms with Crippen molar-refractivity contribution in [2.24, 2.45) is 0 Å². The molecule has 0 spiro atoms. The van der Waals surface area contributed by atoms with Crippen LogP contribution in [0.1, 0.15) is 30.1 Å². The fraction of sp³-hybridized carbons (Fsp3) is 0.250. The molecule has 0 fully saturated rings. The first-order valence-electron chi connectivity index (χ1n) is 8.95. The van der Waals surface area contributed by atoms with Crippen molar-refractivity contribution in [2.75, 3.05) is 18.5 Å². The van der Waals surface area contributed by atoms with Crippen molar-refractivity contribution in [1.82, 2.24) is 5.32 Å². The number of rotatable bonds is 8. The standard InChI is InChI=1S/C20H19Cl3N2O4S/c1-2-3-8-28-19(27)12-4-6-14(7-5-12)24-20(30)25-17(26)11-29-18-15(22)9-13(21)10-16(18)23/h4-7,9-10H,2-3,8,11H2,1H3,(H2,24,25,26,30). The number of ether oxygens (including phenoxy) is 2. The molecule has 30 heavy (non-hydrogen) atoms. The van der Waals surface area contributed by atoms with Gasteiger partial charge in [-0.3, -0.25) is 10.1 Å². The smallest absolute Gasteiger partial charge is 0.338 e. The van der Waals surface area contributed by atoms with Crippen LogP contribution in [0.25, 0.3) is 0 Å². The molecule has 160 valence electrons. The lowest BCUT2D eigenvalue weighted by atomic mass is 10.2. The minimum Gasteiger partial charge on any atom is -0.481 e. The predicted molar refractivity (Wildman–Crippen MR) is 123 cm³/mol. The van der Waals surface area contributed by atoms with E-state index >= 15 is 0 Å². The summed E-state index contributed by atoms with van der Waals surface area (Å²) in [6, 6.07) is 9.43. The normalized spacial score (nSPS) is 10.3. The number of anilines is 1. The Bertz CT molecular complexity index is 900. The maximum absolute atomic E-state index is 12.0. The molecule has 0 atom stereocenters. The van der Waals surface area contributed by atoms with Crippen LogP contribution in [0, 0.1) is 0 Å². The summed E-state index contributed by atoms with van der Waals surface area (Å²) in [7, 11) is 0. The third-order valence-corrected chi connectivity index (χ3v) is 4.66. The molecule has 0 aliphatic carbocycles. The third-order valence-electron chi connectivity index (χ3n) is 3.67. The molecule has 1 amide bonds. The number of hydrogen-bond donors (Lipinski definition) is 2. The van der Waals surface area contributed by atoms with E-state index < -0.39 is 5.91 Å². The van der Waals surface area contributed by atoms with Crippen molar-refractivity contribution >= 4 is 69.7 Å². The van der Waals surface area contributed by atoms with Gasteiger partial charge in [-0.25, -0.2) is 4.79 Å². The van der Waals surface area contributed by atoms with Crippen molar-refractivity contribution in [3.05, 3.63) is 57.0 Å². The van der Waals surface area contributed by atoms with Gasteiger partial charge in [-0.05, 0) is 55.0 Å². The Kier molecular flexibility index (Phi) is 9.65. The average molecular weight is 490 g/mol. The summed E-state index contributed by atoms with van der Waals surface area (Å²) in [5.41, 5.74) is 1.02. The zero-order chi connectivity index (χ0) is 22.1. The van der Waals surface area contributed by atoms with Gasteiger partial charge in [0.15, 0.2) is 17.5 Å². The SMILES string of the molecule is CCCCOC(=O)c1ccc(NC(=S)NC(=O)COc2c(Cl)cc(Cl)cc2Cl)cc1. The van der Waals surface area contributed by atoms with Crippen molar-refractivity contribution in [2.45, 2.75) is 19.8 Å². The molecule has 2 N–H and O–H groups in total. The number of hydrogen-bond acceptors (Lipinski definition) is 5. The molecular weight excluding hydrogens is 471 g/mol. The van der Waals surface area contributed by atoms with Crippen molar-refractivity contribution in [3.63, 3.8) is 0 Å². The number of benzene rings is 2. The van der Waals surface area contributed by atoms with Gasteiger partial charge in [0.05, 0.1) is 22.2 Å². The van der Waals surface area contributed by atoms with Crippen LogP contribution < -0.4 is 15.4 Å². The average Bonchev–Trinajstić information content (AvgIpc) is 2.67. The summed E-state index contributed by atoms with van der Waals surface area (Å²) >= 11 is 22.9. The van der Waals surface area contributed by atoms with Gasteiger partial charge in [0.2, 0.25) is 0 Å². The summed E-state index contributed by atoms with van der Waals surface area (Å²) in [6.45, 7) is 2.05. The number of thiocarbonyl (C=S) groups is 1. The van der Waals surface area contributed by atoms with E-state index in [0.29, 0.717) is 22.9 Å².